The third-order valence-corrected chi connectivity index (χ3v) is 2.59. The minimum atomic E-state index is -4.53. The molecule has 0 bridgehead atoms. The molecule has 2 rings (SSSR count). The first-order chi connectivity index (χ1) is 8.89. The van der Waals surface area contributed by atoms with Gasteiger partial charge in [0.2, 0.25) is 0 Å². The van der Waals surface area contributed by atoms with Gasteiger partial charge in [0.1, 0.15) is 0 Å². The van der Waals surface area contributed by atoms with Crippen LogP contribution in [0.4, 0.5) is 23.7 Å². The molecule has 0 aliphatic carbocycles. The number of anilines is 1. The fraction of sp³-hybridized carbons (Fsp3) is 0.273. The molecule has 2 amide bonds. The molecule has 8 heteroatoms. The van der Waals surface area contributed by atoms with Gasteiger partial charge in [0, 0.05) is 0 Å². The largest absolute Gasteiger partial charge is 0.418 e. The van der Waals surface area contributed by atoms with Crippen molar-refractivity contribution in [1.82, 2.24) is 4.90 Å². The van der Waals surface area contributed by atoms with Gasteiger partial charge in [0.15, 0.2) is 5.96 Å². The molecular weight excluding hydrogens is 261 g/mol. The molecule has 0 atom stereocenters. The number of aliphatic imine (C=N–C) groups is 1. The summed E-state index contributed by atoms with van der Waals surface area (Å²) in [5.74, 6) is 0.00184. The Hall–Kier alpha value is -2.25. The molecule has 1 aliphatic rings. The third kappa shape index (κ3) is 2.78. The van der Waals surface area contributed by atoms with E-state index in [1.807, 2.05) is 0 Å². The summed E-state index contributed by atoms with van der Waals surface area (Å²) in [5.41, 5.74) is 4.24. The van der Waals surface area contributed by atoms with Crippen molar-refractivity contribution < 1.29 is 18.0 Å². The van der Waals surface area contributed by atoms with E-state index in [9.17, 15) is 18.0 Å². The van der Waals surface area contributed by atoms with Crippen LogP contribution in [0.2, 0.25) is 0 Å². The SMILES string of the molecule is NC1=NCCN1C(=O)Nc1ccccc1C(F)(F)F. The number of rotatable bonds is 1. The predicted molar refractivity (Wildman–Crippen MR) is 63.7 cm³/mol. The Balaban J connectivity index is 2.20. The Morgan fingerprint density at radius 3 is 2.63 bits per heavy atom. The number of hydrogen-bond acceptors (Lipinski definition) is 3. The minimum absolute atomic E-state index is 0.00184. The second-order valence-electron chi connectivity index (χ2n) is 3.87. The van der Waals surface area contributed by atoms with Crippen molar-refractivity contribution in [2.45, 2.75) is 6.18 Å². The van der Waals surface area contributed by atoms with Crippen LogP contribution in [0.25, 0.3) is 0 Å². The maximum atomic E-state index is 12.7. The van der Waals surface area contributed by atoms with Crippen LogP contribution >= 0.6 is 0 Å². The molecule has 1 aromatic carbocycles. The van der Waals surface area contributed by atoms with Gasteiger partial charge in [-0.05, 0) is 12.1 Å². The van der Waals surface area contributed by atoms with E-state index in [1.54, 1.807) is 0 Å². The number of nitrogens with one attached hydrogen (secondary N) is 1. The zero-order valence-electron chi connectivity index (χ0n) is 9.74. The van der Waals surface area contributed by atoms with Crippen LogP contribution in [0.3, 0.4) is 0 Å². The molecule has 1 aromatic rings. The summed E-state index contributed by atoms with van der Waals surface area (Å²) < 4.78 is 38.2. The number of guanidine groups is 1. The quantitative estimate of drug-likeness (QED) is 0.819. The van der Waals surface area contributed by atoms with Gasteiger partial charge in [-0.1, -0.05) is 12.1 Å². The molecular formula is C11H11F3N4O. The van der Waals surface area contributed by atoms with Crippen LogP contribution in [0.5, 0.6) is 0 Å². The zero-order valence-corrected chi connectivity index (χ0v) is 9.74. The van der Waals surface area contributed by atoms with E-state index in [0.29, 0.717) is 6.54 Å². The maximum absolute atomic E-state index is 12.7. The van der Waals surface area contributed by atoms with Crippen molar-refractivity contribution in [2.24, 2.45) is 10.7 Å². The normalized spacial score (nSPS) is 15.3. The van der Waals surface area contributed by atoms with E-state index in [1.165, 1.54) is 18.2 Å². The molecule has 0 saturated carbocycles. The average Bonchev–Trinajstić information content (AvgIpc) is 2.75. The molecule has 102 valence electrons. The lowest BCUT2D eigenvalue weighted by molar-refractivity contribution is -0.136. The van der Waals surface area contributed by atoms with Crippen molar-refractivity contribution >= 4 is 17.7 Å². The number of amides is 2. The summed E-state index contributed by atoms with van der Waals surface area (Å²) >= 11 is 0. The van der Waals surface area contributed by atoms with E-state index in [0.717, 1.165) is 11.0 Å². The number of benzene rings is 1. The van der Waals surface area contributed by atoms with Crippen LogP contribution < -0.4 is 11.1 Å². The minimum Gasteiger partial charge on any atom is -0.369 e. The Labute approximate surface area is 106 Å². The zero-order chi connectivity index (χ0) is 14.0. The predicted octanol–water partition coefficient (Wildman–Crippen LogP) is 1.87. The molecule has 0 aromatic heterocycles. The lowest BCUT2D eigenvalue weighted by atomic mass is 10.1. The van der Waals surface area contributed by atoms with E-state index in [-0.39, 0.29) is 18.2 Å². The number of halogens is 3. The van der Waals surface area contributed by atoms with Crippen LogP contribution in [-0.2, 0) is 6.18 Å². The molecule has 0 saturated heterocycles. The Kier molecular flexibility index (Phi) is 3.32. The van der Waals surface area contributed by atoms with Crippen LogP contribution in [0.15, 0.2) is 29.3 Å². The van der Waals surface area contributed by atoms with Gasteiger partial charge in [0.25, 0.3) is 0 Å². The lowest BCUT2D eigenvalue weighted by Crippen LogP contribution is -2.41. The van der Waals surface area contributed by atoms with Gasteiger partial charge in [-0.3, -0.25) is 9.89 Å². The highest BCUT2D eigenvalue weighted by Crippen LogP contribution is 2.34. The molecule has 1 aliphatic heterocycles. The van der Waals surface area contributed by atoms with Crippen molar-refractivity contribution in [2.75, 3.05) is 18.4 Å². The van der Waals surface area contributed by atoms with Gasteiger partial charge in [-0.15, -0.1) is 0 Å². The van der Waals surface area contributed by atoms with E-state index < -0.39 is 17.8 Å². The number of hydrogen-bond donors (Lipinski definition) is 2. The molecule has 0 unspecified atom stereocenters. The average molecular weight is 272 g/mol. The fourth-order valence-corrected chi connectivity index (χ4v) is 1.69. The summed E-state index contributed by atoms with van der Waals surface area (Å²) in [6, 6.07) is 4.02. The highest BCUT2D eigenvalue weighted by Gasteiger charge is 2.34. The number of carbonyl (C=O) groups excluding carboxylic acids is 1. The lowest BCUT2D eigenvalue weighted by Gasteiger charge is -2.18. The van der Waals surface area contributed by atoms with Crippen LogP contribution in [-0.4, -0.2) is 30.0 Å². The fourth-order valence-electron chi connectivity index (χ4n) is 1.69. The van der Waals surface area contributed by atoms with Gasteiger partial charge in [-0.25, -0.2) is 4.79 Å². The third-order valence-electron chi connectivity index (χ3n) is 2.59. The smallest absolute Gasteiger partial charge is 0.369 e. The number of nitrogens with two attached hydrogens (primary N) is 1. The van der Waals surface area contributed by atoms with Crippen molar-refractivity contribution in [3.05, 3.63) is 29.8 Å². The number of urea groups is 1. The number of carbonyl (C=O) groups is 1. The Morgan fingerprint density at radius 1 is 1.37 bits per heavy atom. The highest BCUT2D eigenvalue weighted by atomic mass is 19.4. The second kappa shape index (κ2) is 4.79. The Morgan fingerprint density at radius 2 is 2.05 bits per heavy atom. The van der Waals surface area contributed by atoms with Gasteiger partial charge < -0.3 is 11.1 Å². The van der Waals surface area contributed by atoms with Crippen LogP contribution in [0.1, 0.15) is 5.56 Å². The second-order valence-corrected chi connectivity index (χ2v) is 3.87. The molecule has 3 N–H and O–H groups in total. The molecule has 5 nitrogen and oxygen atoms in total. The van der Waals surface area contributed by atoms with Crippen molar-refractivity contribution in [1.29, 1.82) is 0 Å². The summed E-state index contributed by atoms with van der Waals surface area (Å²) in [4.78, 5) is 16.7. The molecule has 0 spiro atoms. The van der Waals surface area contributed by atoms with E-state index in [4.69, 9.17) is 5.73 Å². The summed E-state index contributed by atoms with van der Waals surface area (Å²) in [7, 11) is 0. The molecule has 0 fully saturated rings. The number of alkyl halides is 3. The first-order valence-corrected chi connectivity index (χ1v) is 5.44. The topological polar surface area (TPSA) is 70.7 Å². The Bertz CT molecular complexity index is 527. The van der Waals surface area contributed by atoms with Gasteiger partial charge in [-0.2, -0.15) is 13.2 Å². The first kappa shape index (κ1) is 13.2. The molecule has 19 heavy (non-hydrogen) atoms. The van der Waals surface area contributed by atoms with Gasteiger partial charge in [0.05, 0.1) is 24.3 Å². The standard InChI is InChI=1S/C11H11F3N4O/c12-11(13,14)7-3-1-2-4-8(7)17-10(19)18-6-5-16-9(18)15/h1-4H,5-6H2,(H2,15,16)(H,17,19). The monoisotopic (exact) mass is 272 g/mol. The van der Waals surface area contributed by atoms with Crippen molar-refractivity contribution in [3.8, 4) is 0 Å². The van der Waals surface area contributed by atoms with E-state index >= 15 is 0 Å². The van der Waals surface area contributed by atoms with E-state index in [2.05, 4.69) is 10.3 Å². The number of nitrogens with zero attached hydrogens (tertiary/aromatic N) is 2. The highest BCUT2D eigenvalue weighted by molar-refractivity contribution is 6.03. The maximum Gasteiger partial charge on any atom is 0.418 e. The van der Waals surface area contributed by atoms with Crippen LogP contribution in [0, 0.1) is 0 Å². The van der Waals surface area contributed by atoms with Crippen molar-refractivity contribution in [3.63, 3.8) is 0 Å². The summed E-state index contributed by atoms with van der Waals surface area (Å²) in [6.45, 7) is 0.603. The first-order valence-electron chi connectivity index (χ1n) is 5.44. The summed E-state index contributed by atoms with van der Waals surface area (Å²) in [5, 5.41) is 2.20. The van der Waals surface area contributed by atoms with Gasteiger partial charge >= 0.3 is 12.2 Å². The molecule has 0 radical (unpaired) electrons. The molecule has 1 heterocycles. The number of para-hydroxylation sites is 1. The summed E-state index contributed by atoms with van der Waals surface area (Å²) in [6.07, 6.45) is -4.53.